The van der Waals surface area contributed by atoms with Crippen LogP contribution in [0.4, 0.5) is 0 Å². The normalized spacial score (nSPS) is 10.8. The molecule has 146 valence electrons. The van der Waals surface area contributed by atoms with E-state index in [1.807, 2.05) is 36.4 Å². The first-order valence-electron chi connectivity index (χ1n) is 8.99. The van der Waals surface area contributed by atoms with Crippen molar-refractivity contribution >= 4 is 28.4 Å². The van der Waals surface area contributed by atoms with Gasteiger partial charge in [-0.2, -0.15) is 0 Å². The second kappa shape index (κ2) is 8.32. The van der Waals surface area contributed by atoms with Crippen molar-refractivity contribution in [3.8, 4) is 5.75 Å². The predicted molar refractivity (Wildman–Crippen MR) is 110 cm³/mol. The van der Waals surface area contributed by atoms with Gasteiger partial charge in [-0.05, 0) is 48.0 Å². The van der Waals surface area contributed by atoms with Gasteiger partial charge in [0.25, 0.3) is 5.91 Å². The fraction of sp³-hybridized carbons (Fsp3) is 0.136. The smallest absolute Gasteiger partial charge is 0.290 e. The number of methoxy groups -OCH3 is 1. The maximum atomic E-state index is 13.0. The molecule has 0 saturated heterocycles. The fourth-order valence-corrected chi connectivity index (χ4v) is 3.29. The minimum absolute atomic E-state index is 0.236. The maximum absolute atomic E-state index is 13.0. The SMILES string of the molecule is COc1ccc2nc(Cl)c(CN(Cc3cccnc3)C(=O)c3ccco3)cc2c1. The van der Waals surface area contributed by atoms with Crippen LogP contribution in [-0.2, 0) is 13.1 Å². The topological polar surface area (TPSA) is 68.5 Å². The van der Waals surface area contributed by atoms with Gasteiger partial charge < -0.3 is 14.1 Å². The minimum Gasteiger partial charge on any atom is -0.497 e. The van der Waals surface area contributed by atoms with Crippen LogP contribution >= 0.6 is 11.6 Å². The van der Waals surface area contributed by atoms with Gasteiger partial charge >= 0.3 is 0 Å². The van der Waals surface area contributed by atoms with Crippen LogP contribution in [0.25, 0.3) is 10.9 Å². The second-order valence-electron chi connectivity index (χ2n) is 6.50. The number of nitrogens with zero attached hydrogens (tertiary/aromatic N) is 3. The summed E-state index contributed by atoms with van der Waals surface area (Å²) in [6.07, 6.45) is 4.90. The number of benzene rings is 1. The molecule has 29 heavy (non-hydrogen) atoms. The molecule has 4 rings (SSSR count). The highest BCUT2D eigenvalue weighted by atomic mass is 35.5. The highest BCUT2D eigenvalue weighted by molar-refractivity contribution is 6.30. The third-order valence-corrected chi connectivity index (χ3v) is 4.85. The van der Waals surface area contributed by atoms with E-state index in [0.29, 0.717) is 11.7 Å². The monoisotopic (exact) mass is 407 g/mol. The average Bonchev–Trinajstić information content (AvgIpc) is 3.28. The summed E-state index contributed by atoms with van der Waals surface area (Å²) in [6, 6.07) is 14.6. The van der Waals surface area contributed by atoms with Crippen LogP contribution in [-0.4, -0.2) is 27.9 Å². The molecule has 1 amide bonds. The van der Waals surface area contributed by atoms with Crippen molar-refractivity contribution in [2.24, 2.45) is 0 Å². The first-order chi connectivity index (χ1) is 14.1. The van der Waals surface area contributed by atoms with Crippen molar-refractivity contribution < 1.29 is 13.9 Å². The van der Waals surface area contributed by atoms with Crippen LogP contribution in [0, 0.1) is 0 Å². The number of ether oxygens (including phenoxy) is 1. The van der Waals surface area contributed by atoms with Gasteiger partial charge in [-0.25, -0.2) is 4.98 Å². The van der Waals surface area contributed by atoms with E-state index in [9.17, 15) is 4.79 Å². The van der Waals surface area contributed by atoms with Crippen LogP contribution in [0.1, 0.15) is 21.7 Å². The number of pyridine rings is 2. The Morgan fingerprint density at radius 3 is 2.79 bits per heavy atom. The van der Waals surface area contributed by atoms with E-state index >= 15 is 0 Å². The lowest BCUT2D eigenvalue weighted by Gasteiger charge is -2.22. The molecule has 1 aromatic carbocycles. The van der Waals surface area contributed by atoms with Gasteiger partial charge in [-0.15, -0.1) is 0 Å². The second-order valence-corrected chi connectivity index (χ2v) is 6.85. The molecule has 0 unspecified atom stereocenters. The van der Waals surface area contributed by atoms with Crippen LogP contribution in [0.5, 0.6) is 5.75 Å². The molecular weight excluding hydrogens is 390 g/mol. The summed E-state index contributed by atoms with van der Waals surface area (Å²) in [6.45, 7) is 0.632. The molecule has 0 fully saturated rings. The molecule has 0 radical (unpaired) electrons. The van der Waals surface area contributed by atoms with E-state index in [2.05, 4.69) is 9.97 Å². The molecule has 6 nitrogen and oxygen atoms in total. The van der Waals surface area contributed by atoms with Gasteiger partial charge in [-0.1, -0.05) is 17.7 Å². The van der Waals surface area contributed by atoms with Gasteiger partial charge in [0.2, 0.25) is 0 Å². The average molecular weight is 408 g/mol. The number of carbonyl (C=O) groups excluding carboxylic acids is 1. The van der Waals surface area contributed by atoms with Crippen LogP contribution < -0.4 is 4.74 Å². The number of hydrogen-bond acceptors (Lipinski definition) is 5. The Labute approximate surface area is 172 Å². The van der Waals surface area contributed by atoms with Crippen molar-refractivity contribution in [2.75, 3.05) is 7.11 Å². The standard InChI is InChI=1S/C22H18ClN3O3/c1-28-18-6-7-19-16(11-18)10-17(21(23)25-19)14-26(13-15-4-2-8-24-12-15)22(27)20-5-3-9-29-20/h2-12H,13-14H2,1H3. The Bertz CT molecular complexity index is 1130. The van der Waals surface area contributed by atoms with Crippen molar-refractivity contribution in [1.82, 2.24) is 14.9 Å². The molecule has 0 saturated carbocycles. The molecule has 0 atom stereocenters. The Hall–Kier alpha value is -3.38. The fourth-order valence-electron chi connectivity index (χ4n) is 3.09. The Kier molecular flexibility index (Phi) is 5.44. The maximum Gasteiger partial charge on any atom is 0.290 e. The van der Waals surface area contributed by atoms with Crippen LogP contribution in [0.3, 0.4) is 0 Å². The van der Waals surface area contributed by atoms with Crippen molar-refractivity contribution in [1.29, 1.82) is 0 Å². The van der Waals surface area contributed by atoms with Gasteiger partial charge in [-0.3, -0.25) is 9.78 Å². The van der Waals surface area contributed by atoms with Gasteiger partial charge in [0, 0.05) is 36.4 Å². The van der Waals surface area contributed by atoms with Crippen LogP contribution in [0.2, 0.25) is 5.15 Å². The van der Waals surface area contributed by atoms with Gasteiger partial charge in [0.05, 0.1) is 18.9 Å². The molecule has 0 aliphatic rings. The lowest BCUT2D eigenvalue weighted by Crippen LogP contribution is -2.30. The van der Waals surface area contributed by atoms with Crippen LogP contribution in [0.15, 0.2) is 71.6 Å². The van der Waals surface area contributed by atoms with Gasteiger partial charge in [0.15, 0.2) is 5.76 Å². The molecule has 0 aliphatic carbocycles. The molecule has 4 aromatic rings. The number of furan rings is 1. The zero-order valence-corrected chi connectivity index (χ0v) is 16.5. The molecular formula is C22H18ClN3O3. The van der Waals surface area contributed by atoms with Crippen molar-refractivity contribution in [3.63, 3.8) is 0 Å². The van der Waals surface area contributed by atoms with E-state index < -0.39 is 0 Å². The van der Waals surface area contributed by atoms with E-state index in [1.54, 1.807) is 36.5 Å². The molecule has 0 aliphatic heterocycles. The summed E-state index contributed by atoms with van der Waals surface area (Å²) < 4.78 is 10.6. The quantitative estimate of drug-likeness (QED) is 0.432. The number of hydrogen-bond donors (Lipinski definition) is 0. The lowest BCUT2D eigenvalue weighted by molar-refractivity contribution is 0.0697. The van der Waals surface area contributed by atoms with E-state index in [0.717, 1.165) is 27.8 Å². The minimum atomic E-state index is -0.236. The summed E-state index contributed by atoms with van der Waals surface area (Å²) in [5.74, 6) is 0.757. The summed E-state index contributed by atoms with van der Waals surface area (Å²) in [7, 11) is 1.61. The molecule has 3 aromatic heterocycles. The number of rotatable bonds is 6. The third kappa shape index (κ3) is 4.22. The molecule has 7 heteroatoms. The Morgan fingerprint density at radius 2 is 2.07 bits per heavy atom. The summed E-state index contributed by atoms with van der Waals surface area (Å²) in [5.41, 5.74) is 2.39. The first kappa shape index (κ1) is 19.0. The summed E-state index contributed by atoms with van der Waals surface area (Å²) >= 11 is 6.44. The third-order valence-electron chi connectivity index (χ3n) is 4.52. The molecule has 0 bridgehead atoms. The molecule has 3 heterocycles. The van der Waals surface area contributed by atoms with Crippen molar-refractivity contribution in [3.05, 3.63) is 89.2 Å². The van der Waals surface area contributed by atoms with E-state index in [4.69, 9.17) is 20.8 Å². The highest BCUT2D eigenvalue weighted by Gasteiger charge is 2.21. The predicted octanol–water partition coefficient (Wildman–Crippen LogP) is 4.73. The summed E-state index contributed by atoms with van der Waals surface area (Å²) in [4.78, 5) is 23.3. The van der Waals surface area contributed by atoms with E-state index in [-0.39, 0.29) is 18.2 Å². The number of amides is 1. The van der Waals surface area contributed by atoms with E-state index in [1.165, 1.54) is 6.26 Å². The molecule has 0 spiro atoms. The number of carbonyl (C=O) groups is 1. The Balaban J connectivity index is 1.69. The zero-order chi connectivity index (χ0) is 20.2. The highest BCUT2D eigenvalue weighted by Crippen LogP contribution is 2.26. The van der Waals surface area contributed by atoms with Gasteiger partial charge in [0.1, 0.15) is 10.9 Å². The molecule has 0 N–H and O–H groups in total. The number of fused-ring (bicyclic) bond motifs is 1. The number of halogens is 1. The largest absolute Gasteiger partial charge is 0.497 e. The van der Waals surface area contributed by atoms with Crippen molar-refractivity contribution in [2.45, 2.75) is 13.1 Å². The summed E-state index contributed by atoms with van der Waals surface area (Å²) in [5, 5.41) is 1.24. The first-order valence-corrected chi connectivity index (χ1v) is 9.36. The number of aromatic nitrogens is 2. The lowest BCUT2D eigenvalue weighted by atomic mass is 10.1. The zero-order valence-electron chi connectivity index (χ0n) is 15.7. The Morgan fingerprint density at radius 1 is 1.17 bits per heavy atom.